The fraction of sp³-hybridized carbons (Fsp3) is 0.812. The molecule has 1 fully saturated rings. The first kappa shape index (κ1) is 21.8. The minimum absolute atomic E-state index is 0.501. The Morgan fingerprint density at radius 2 is 2.00 bits per heavy atom. The lowest BCUT2D eigenvalue weighted by Crippen LogP contribution is -2.52. The third kappa shape index (κ3) is 6.28. The second kappa shape index (κ2) is 10.2. The highest BCUT2D eigenvalue weighted by molar-refractivity contribution is 7.88. The quantitative estimate of drug-likeness (QED) is 0.373. The molecule has 0 aliphatic carbocycles. The van der Waals surface area contributed by atoms with Crippen molar-refractivity contribution in [1.29, 1.82) is 0 Å². The van der Waals surface area contributed by atoms with Crippen LogP contribution in [0.2, 0.25) is 0 Å². The van der Waals surface area contributed by atoms with Crippen molar-refractivity contribution in [3.8, 4) is 0 Å². The number of aliphatic imine (C=N–C) groups is 1. The van der Waals surface area contributed by atoms with Crippen LogP contribution < -0.4 is 10.2 Å². The Balaban J connectivity index is 1.77. The molecule has 11 heteroatoms. The van der Waals surface area contributed by atoms with Crippen molar-refractivity contribution < 1.29 is 8.42 Å². The molecular weight excluding hydrogens is 386 g/mol. The molecule has 1 N–H and O–H groups in total. The second-order valence-electron chi connectivity index (χ2n) is 6.40. The molecule has 2 heterocycles. The number of nitrogens with one attached hydrogen (secondary N) is 1. The molecule has 1 aromatic heterocycles. The third-order valence-corrected chi connectivity index (χ3v) is 6.72. The van der Waals surface area contributed by atoms with E-state index in [0.29, 0.717) is 19.6 Å². The molecule has 0 atom stereocenters. The van der Waals surface area contributed by atoms with Crippen molar-refractivity contribution in [3.05, 3.63) is 5.82 Å². The van der Waals surface area contributed by atoms with Crippen molar-refractivity contribution in [3.63, 3.8) is 0 Å². The summed E-state index contributed by atoms with van der Waals surface area (Å²) in [6, 6.07) is 0. The zero-order valence-electron chi connectivity index (χ0n) is 16.7. The highest BCUT2D eigenvalue weighted by Crippen LogP contribution is 2.19. The van der Waals surface area contributed by atoms with Crippen molar-refractivity contribution in [2.75, 3.05) is 64.0 Å². The fourth-order valence-corrected chi connectivity index (χ4v) is 4.70. The van der Waals surface area contributed by atoms with Crippen LogP contribution in [0.15, 0.2) is 4.99 Å². The highest BCUT2D eigenvalue weighted by atomic mass is 32.2. The number of anilines is 1. The normalized spacial score (nSPS) is 16.3. The number of piperazine rings is 1. The monoisotopic (exact) mass is 417 g/mol. The van der Waals surface area contributed by atoms with Gasteiger partial charge in [0.15, 0.2) is 5.96 Å². The molecular formula is C16H31N7O2S2. The summed E-state index contributed by atoms with van der Waals surface area (Å²) in [7, 11) is -1.35. The van der Waals surface area contributed by atoms with Gasteiger partial charge in [0.2, 0.25) is 15.2 Å². The van der Waals surface area contributed by atoms with Gasteiger partial charge in [-0.05, 0) is 6.42 Å². The van der Waals surface area contributed by atoms with E-state index in [9.17, 15) is 8.42 Å². The van der Waals surface area contributed by atoms with Crippen molar-refractivity contribution in [2.24, 2.45) is 4.99 Å². The summed E-state index contributed by atoms with van der Waals surface area (Å²) < 4.78 is 29.1. The first-order valence-electron chi connectivity index (χ1n) is 9.37. The Kier molecular flexibility index (Phi) is 8.24. The van der Waals surface area contributed by atoms with Gasteiger partial charge in [-0.1, -0.05) is 13.8 Å². The van der Waals surface area contributed by atoms with Gasteiger partial charge in [-0.2, -0.15) is 4.37 Å². The van der Waals surface area contributed by atoms with Crippen molar-refractivity contribution in [1.82, 2.24) is 23.9 Å². The number of hydrogen-bond acceptors (Lipinski definition) is 7. The van der Waals surface area contributed by atoms with E-state index in [0.717, 1.165) is 55.9 Å². The zero-order chi connectivity index (χ0) is 19.9. The first-order valence-corrected chi connectivity index (χ1v) is 12.0. The van der Waals surface area contributed by atoms with Gasteiger partial charge in [-0.25, -0.2) is 17.7 Å². The van der Waals surface area contributed by atoms with Gasteiger partial charge in [0.05, 0.1) is 6.26 Å². The molecule has 0 bridgehead atoms. The van der Waals surface area contributed by atoms with Gasteiger partial charge in [0.25, 0.3) is 0 Å². The van der Waals surface area contributed by atoms with Gasteiger partial charge in [0, 0.05) is 70.8 Å². The Morgan fingerprint density at radius 1 is 1.30 bits per heavy atom. The highest BCUT2D eigenvalue weighted by Gasteiger charge is 2.22. The van der Waals surface area contributed by atoms with Gasteiger partial charge in [-0.15, -0.1) is 0 Å². The standard InChI is InChI=1S/C16H31N7O2S2/c1-5-14-19-16(26-20-14)22-12-10-21(11-13-22)15(17-3)18-8-7-9-23(6-2)27(4,24)25/h5-13H2,1-4H3,(H,17,18). The third-order valence-electron chi connectivity index (χ3n) is 4.52. The number of aryl methyl sites for hydroxylation is 1. The smallest absolute Gasteiger partial charge is 0.211 e. The van der Waals surface area contributed by atoms with Crippen LogP contribution >= 0.6 is 11.5 Å². The number of rotatable bonds is 8. The van der Waals surface area contributed by atoms with E-state index in [2.05, 4.69) is 36.4 Å². The Bertz CT molecular complexity index is 712. The molecule has 0 aromatic carbocycles. The van der Waals surface area contributed by atoms with Crippen molar-refractivity contribution in [2.45, 2.75) is 26.7 Å². The minimum Gasteiger partial charge on any atom is -0.356 e. The summed E-state index contributed by atoms with van der Waals surface area (Å²) in [6.07, 6.45) is 2.86. The molecule has 1 aliphatic heterocycles. The molecule has 2 rings (SSSR count). The Hall–Kier alpha value is -1.46. The van der Waals surface area contributed by atoms with E-state index in [1.165, 1.54) is 22.1 Å². The largest absolute Gasteiger partial charge is 0.356 e. The van der Waals surface area contributed by atoms with Crippen LogP contribution in [0.5, 0.6) is 0 Å². The van der Waals surface area contributed by atoms with E-state index < -0.39 is 10.0 Å². The van der Waals surface area contributed by atoms with Crippen LogP contribution in [-0.4, -0.2) is 92.1 Å². The van der Waals surface area contributed by atoms with Gasteiger partial charge in [-0.3, -0.25) is 4.99 Å². The predicted molar refractivity (Wildman–Crippen MR) is 111 cm³/mol. The number of nitrogens with zero attached hydrogens (tertiary/aromatic N) is 6. The molecule has 27 heavy (non-hydrogen) atoms. The number of sulfonamides is 1. The van der Waals surface area contributed by atoms with Crippen LogP contribution in [0.4, 0.5) is 5.13 Å². The maximum atomic E-state index is 11.6. The molecule has 154 valence electrons. The van der Waals surface area contributed by atoms with Gasteiger partial charge in [0.1, 0.15) is 5.82 Å². The Labute approximate surface area is 166 Å². The summed E-state index contributed by atoms with van der Waals surface area (Å²) in [5, 5.41) is 4.34. The zero-order valence-corrected chi connectivity index (χ0v) is 18.3. The van der Waals surface area contributed by atoms with Crippen LogP contribution in [-0.2, 0) is 16.4 Å². The molecule has 9 nitrogen and oxygen atoms in total. The lowest BCUT2D eigenvalue weighted by atomic mass is 10.3. The SMILES string of the molecule is CCc1nsc(N2CCN(C(=NC)NCCCN(CC)S(C)(=O)=O)CC2)n1. The Morgan fingerprint density at radius 3 is 2.52 bits per heavy atom. The van der Waals surface area contributed by atoms with E-state index in [-0.39, 0.29) is 0 Å². The molecule has 0 amide bonds. The van der Waals surface area contributed by atoms with E-state index in [4.69, 9.17) is 0 Å². The van der Waals surface area contributed by atoms with Crippen molar-refractivity contribution >= 4 is 32.6 Å². The van der Waals surface area contributed by atoms with Crippen LogP contribution in [0.25, 0.3) is 0 Å². The molecule has 0 spiro atoms. The van der Waals surface area contributed by atoms with Crippen LogP contribution in [0.1, 0.15) is 26.1 Å². The fourth-order valence-electron chi connectivity index (χ4n) is 2.97. The van der Waals surface area contributed by atoms with Crippen LogP contribution in [0, 0.1) is 0 Å². The van der Waals surface area contributed by atoms with Gasteiger partial charge < -0.3 is 15.1 Å². The maximum Gasteiger partial charge on any atom is 0.211 e. The first-order chi connectivity index (χ1) is 12.9. The molecule has 0 radical (unpaired) electrons. The van der Waals surface area contributed by atoms with E-state index in [1.807, 2.05) is 6.92 Å². The molecule has 1 aliphatic rings. The number of guanidine groups is 1. The summed E-state index contributed by atoms with van der Waals surface area (Å²) in [5.41, 5.74) is 0. The summed E-state index contributed by atoms with van der Waals surface area (Å²) in [4.78, 5) is 13.4. The molecule has 0 saturated carbocycles. The second-order valence-corrected chi connectivity index (χ2v) is 9.12. The summed E-state index contributed by atoms with van der Waals surface area (Å²) >= 11 is 1.47. The van der Waals surface area contributed by atoms with Crippen LogP contribution in [0.3, 0.4) is 0 Å². The summed E-state index contributed by atoms with van der Waals surface area (Å²) in [6.45, 7) is 9.13. The predicted octanol–water partition coefficient (Wildman–Crippen LogP) is 0.470. The van der Waals surface area contributed by atoms with Gasteiger partial charge >= 0.3 is 0 Å². The van der Waals surface area contributed by atoms with E-state index >= 15 is 0 Å². The molecule has 0 unspecified atom stereocenters. The maximum absolute atomic E-state index is 11.6. The average molecular weight is 418 g/mol. The lowest BCUT2D eigenvalue weighted by Gasteiger charge is -2.36. The average Bonchev–Trinajstić information content (AvgIpc) is 3.13. The van der Waals surface area contributed by atoms with E-state index in [1.54, 1.807) is 7.05 Å². The number of hydrogen-bond donors (Lipinski definition) is 1. The molecule has 1 saturated heterocycles. The molecule has 1 aromatic rings. The topological polar surface area (TPSA) is 94.0 Å². The summed E-state index contributed by atoms with van der Waals surface area (Å²) in [5.74, 6) is 1.77. The number of aromatic nitrogens is 2. The lowest BCUT2D eigenvalue weighted by molar-refractivity contribution is 0.369. The minimum atomic E-state index is -3.13.